The van der Waals surface area contributed by atoms with Crippen molar-refractivity contribution in [2.45, 2.75) is 341 Å². The molecule has 3 unspecified atom stereocenters. The minimum Gasteiger partial charge on any atom is -0.462 e. The lowest BCUT2D eigenvalue weighted by Gasteiger charge is -2.21. The summed E-state index contributed by atoms with van der Waals surface area (Å²) in [6.07, 6.45) is 77.1. The average molecular weight is 1200 g/mol. The molecule has 0 heterocycles. The number of hydrogen-bond acceptors (Lipinski definition) is 10. The van der Waals surface area contributed by atoms with Gasteiger partial charge in [-0.25, -0.2) is 4.57 Å². The summed E-state index contributed by atoms with van der Waals surface area (Å²) in [5.41, 5.74) is 0. The molecule has 0 aliphatic rings. The maximum Gasteiger partial charge on any atom is 0.472 e. The van der Waals surface area contributed by atoms with E-state index in [1.54, 1.807) is 0 Å². The molecule has 84 heavy (non-hydrogen) atoms. The van der Waals surface area contributed by atoms with Gasteiger partial charge in [0.2, 0.25) is 0 Å². The highest BCUT2D eigenvalue weighted by molar-refractivity contribution is 7.47. The largest absolute Gasteiger partial charge is 0.472 e. The van der Waals surface area contributed by atoms with Crippen LogP contribution in [0.4, 0.5) is 0 Å². The number of phosphoric acid groups is 1. The number of allylic oxidation sites excluding steroid dienone is 12. The standard InChI is InChI=1S/C72H129O11P/c1-4-7-10-13-16-19-22-25-28-31-34-37-40-43-46-49-52-55-58-61-70(74)79-65-69(83-72(76)63-60-57-54-51-48-45-42-39-36-33-30-27-24-21-18-15-12-9-6-3)67-81-84(77,78)80-66-68(64-73)82-71(75)62-59-56-53-50-47-44-41-38-35-32-29-26-23-20-17-14-11-8-5-2/h7,10,16,19,25,27-28,30,34,37,43,46,68-69,73H,4-6,8-9,11-15,17-18,20-24,26,29,31-33,35-36,38-42,44-45,47-67H2,1-3H3,(H,77,78)/b10-7-,19-16-,28-25-,30-27-,37-34-,46-43-. The molecule has 0 saturated heterocycles. The fraction of sp³-hybridized carbons (Fsp3) is 0.792. The quantitative estimate of drug-likeness (QED) is 0.0197. The van der Waals surface area contributed by atoms with Crippen LogP contribution in [0.2, 0.25) is 0 Å². The molecule has 0 radical (unpaired) electrons. The Labute approximate surface area is 516 Å². The molecule has 0 saturated carbocycles. The number of phosphoric ester groups is 1. The van der Waals surface area contributed by atoms with Gasteiger partial charge in [0.25, 0.3) is 0 Å². The summed E-state index contributed by atoms with van der Waals surface area (Å²) in [6.45, 7) is 4.56. The van der Waals surface area contributed by atoms with Crippen molar-refractivity contribution in [1.29, 1.82) is 0 Å². The summed E-state index contributed by atoms with van der Waals surface area (Å²) >= 11 is 0. The Morgan fingerprint density at radius 2 is 0.619 bits per heavy atom. The van der Waals surface area contributed by atoms with Crippen LogP contribution in [-0.2, 0) is 42.2 Å². The van der Waals surface area contributed by atoms with Gasteiger partial charge in [0.15, 0.2) is 6.10 Å². The predicted octanol–water partition coefficient (Wildman–Crippen LogP) is 21.6. The molecule has 0 aromatic carbocycles. The highest BCUT2D eigenvalue weighted by Gasteiger charge is 2.28. The van der Waals surface area contributed by atoms with Crippen molar-refractivity contribution in [3.8, 4) is 0 Å². The summed E-state index contributed by atoms with van der Waals surface area (Å²) in [5.74, 6) is -1.49. The molecule has 0 aliphatic heterocycles. The second-order valence-electron chi connectivity index (χ2n) is 23.3. The molecule has 488 valence electrons. The lowest BCUT2D eigenvalue weighted by molar-refractivity contribution is -0.161. The highest BCUT2D eigenvalue weighted by atomic mass is 31.2. The normalized spacial score (nSPS) is 13.6. The van der Waals surface area contributed by atoms with E-state index in [0.717, 1.165) is 89.9 Å². The first kappa shape index (κ1) is 80.9. The minimum atomic E-state index is -4.77. The Morgan fingerprint density at radius 1 is 0.345 bits per heavy atom. The molecule has 0 aromatic rings. The van der Waals surface area contributed by atoms with E-state index in [2.05, 4.69) is 93.7 Å². The first-order valence-corrected chi connectivity index (χ1v) is 36.3. The van der Waals surface area contributed by atoms with E-state index >= 15 is 0 Å². The Morgan fingerprint density at radius 3 is 0.976 bits per heavy atom. The number of unbranched alkanes of at least 4 members (excludes halogenated alkanes) is 36. The molecule has 11 nitrogen and oxygen atoms in total. The van der Waals surface area contributed by atoms with Gasteiger partial charge < -0.3 is 24.2 Å². The van der Waals surface area contributed by atoms with Crippen molar-refractivity contribution in [3.05, 3.63) is 72.9 Å². The zero-order valence-corrected chi connectivity index (χ0v) is 55.3. The van der Waals surface area contributed by atoms with Crippen molar-refractivity contribution in [1.82, 2.24) is 0 Å². The Kier molecular flexibility index (Phi) is 63.5. The Balaban J connectivity index is 4.70. The summed E-state index contributed by atoms with van der Waals surface area (Å²) in [7, 11) is -4.77. The molecule has 0 bridgehead atoms. The van der Waals surface area contributed by atoms with Gasteiger partial charge in [0.1, 0.15) is 12.7 Å². The van der Waals surface area contributed by atoms with Gasteiger partial charge in [-0.1, -0.05) is 293 Å². The van der Waals surface area contributed by atoms with E-state index in [-0.39, 0.29) is 25.9 Å². The van der Waals surface area contributed by atoms with Gasteiger partial charge in [0, 0.05) is 19.3 Å². The summed E-state index contributed by atoms with van der Waals surface area (Å²) in [6, 6.07) is 0. The van der Waals surface area contributed by atoms with Crippen LogP contribution in [0.15, 0.2) is 72.9 Å². The fourth-order valence-corrected chi connectivity index (χ4v) is 10.6. The van der Waals surface area contributed by atoms with Crippen LogP contribution in [0.1, 0.15) is 329 Å². The highest BCUT2D eigenvalue weighted by Crippen LogP contribution is 2.43. The van der Waals surface area contributed by atoms with Crippen LogP contribution in [0.25, 0.3) is 0 Å². The first-order valence-electron chi connectivity index (χ1n) is 34.8. The van der Waals surface area contributed by atoms with Crippen molar-refractivity contribution < 1.29 is 52.2 Å². The second kappa shape index (κ2) is 65.9. The molecule has 12 heteroatoms. The second-order valence-corrected chi connectivity index (χ2v) is 24.8. The van der Waals surface area contributed by atoms with Crippen LogP contribution in [0, 0.1) is 0 Å². The minimum absolute atomic E-state index is 0.158. The molecule has 2 N–H and O–H groups in total. The number of rotatable bonds is 65. The molecule has 0 aromatic heterocycles. The van der Waals surface area contributed by atoms with Crippen molar-refractivity contribution in [2.24, 2.45) is 0 Å². The van der Waals surface area contributed by atoms with E-state index in [1.807, 2.05) is 0 Å². The van der Waals surface area contributed by atoms with Gasteiger partial charge in [-0.3, -0.25) is 23.4 Å². The van der Waals surface area contributed by atoms with Crippen LogP contribution in [-0.4, -0.2) is 66.5 Å². The van der Waals surface area contributed by atoms with Crippen LogP contribution >= 0.6 is 7.82 Å². The molecule has 0 spiro atoms. The van der Waals surface area contributed by atoms with E-state index < -0.39 is 57.8 Å². The third kappa shape index (κ3) is 63.4. The van der Waals surface area contributed by atoms with Gasteiger partial charge in [0.05, 0.1) is 19.8 Å². The SMILES string of the molecule is CC/C=C\C/C=C\C/C=C\C/C=C\C/C=C\CCCCCC(=O)OCC(COP(=O)(O)OCC(CO)OC(=O)CCCCCCCCCCCCCCCCCCCCC)OC(=O)CCCCCCCCCCC/C=C\CCCCCCCC. The smallest absolute Gasteiger partial charge is 0.462 e. The third-order valence-corrected chi connectivity index (χ3v) is 16.1. The number of carbonyl (C=O) groups excluding carboxylic acids is 3. The van der Waals surface area contributed by atoms with Crippen LogP contribution < -0.4 is 0 Å². The zero-order valence-electron chi connectivity index (χ0n) is 54.4. The molecule has 3 atom stereocenters. The van der Waals surface area contributed by atoms with Gasteiger partial charge in [-0.2, -0.15) is 0 Å². The van der Waals surface area contributed by atoms with Crippen LogP contribution in [0.3, 0.4) is 0 Å². The molecular weight excluding hydrogens is 1070 g/mol. The van der Waals surface area contributed by atoms with E-state index in [1.165, 1.54) is 180 Å². The lowest BCUT2D eigenvalue weighted by atomic mass is 10.0. The number of carbonyl (C=O) groups is 3. The van der Waals surface area contributed by atoms with Crippen molar-refractivity contribution >= 4 is 25.7 Å². The van der Waals surface area contributed by atoms with Gasteiger partial charge in [-0.15, -0.1) is 0 Å². The predicted molar refractivity (Wildman–Crippen MR) is 353 cm³/mol. The van der Waals surface area contributed by atoms with Gasteiger partial charge >= 0.3 is 25.7 Å². The molecular formula is C72H129O11P. The summed E-state index contributed by atoms with van der Waals surface area (Å²) in [5, 5.41) is 9.88. The van der Waals surface area contributed by atoms with Gasteiger partial charge in [-0.05, 0) is 89.9 Å². The Hall–Kier alpha value is -3.08. The first-order chi connectivity index (χ1) is 41.2. The fourth-order valence-electron chi connectivity index (χ4n) is 9.85. The average Bonchev–Trinajstić information content (AvgIpc) is 3.55. The third-order valence-electron chi connectivity index (χ3n) is 15.1. The number of hydrogen-bond donors (Lipinski definition) is 2. The van der Waals surface area contributed by atoms with E-state index in [4.69, 9.17) is 23.3 Å². The monoisotopic (exact) mass is 1200 g/mol. The number of aliphatic hydroxyl groups excluding tert-OH is 1. The summed E-state index contributed by atoms with van der Waals surface area (Å²) < 4.78 is 39.8. The molecule has 0 aliphatic carbocycles. The number of ether oxygens (including phenoxy) is 3. The maximum atomic E-state index is 13.0. The maximum absolute atomic E-state index is 13.0. The van der Waals surface area contributed by atoms with E-state index in [9.17, 15) is 28.9 Å². The topological polar surface area (TPSA) is 155 Å². The zero-order chi connectivity index (χ0) is 61.2. The molecule has 0 rings (SSSR count). The number of aliphatic hydroxyl groups is 1. The number of esters is 3. The summed E-state index contributed by atoms with van der Waals surface area (Å²) in [4.78, 5) is 48.9. The van der Waals surface area contributed by atoms with Crippen LogP contribution in [0.5, 0.6) is 0 Å². The Bertz CT molecular complexity index is 1690. The lowest BCUT2D eigenvalue weighted by Crippen LogP contribution is -2.30. The van der Waals surface area contributed by atoms with Crippen molar-refractivity contribution in [2.75, 3.05) is 26.4 Å². The van der Waals surface area contributed by atoms with E-state index in [0.29, 0.717) is 19.3 Å². The molecule has 0 fully saturated rings. The van der Waals surface area contributed by atoms with Crippen molar-refractivity contribution in [3.63, 3.8) is 0 Å². The molecule has 0 amide bonds.